The van der Waals surface area contributed by atoms with E-state index in [0.29, 0.717) is 28.0 Å². The van der Waals surface area contributed by atoms with Crippen LogP contribution in [0.15, 0.2) is 108 Å². The Labute approximate surface area is 248 Å². The fourth-order valence-corrected chi connectivity index (χ4v) is 4.51. The molecule has 4 aromatic rings. The fourth-order valence-electron chi connectivity index (χ4n) is 3.70. The lowest BCUT2D eigenvalue weighted by molar-refractivity contribution is -0.114. The molecule has 9 heteroatoms. The Morgan fingerprint density at radius 2 is 1.59 bits per heavy atom. The molecular formula is C32H29ClN4O3S. The first-order valence-corrected chi connectivity index (χ1v) is 14.3. The van der Waals surface area contributed by atoms with Gasteiger partial charge in [0.1, 0.15) is 11.5 Å². The summed E-state index contributed by atoms with van der Waals surface area (Å²) in [6, 6.07) is 27.0. The van der Waals surface area contributed by atoms with Crippen molar-refractivity contribution in [3.63, 3.8) is 0 Å². The lowest BCUT2D eigenvalue weighted by atomic mass is 10.0. The van der Waals surface area contributed by atoms with Crippen LogP contribution in [0, 0.1) is 0 Å². The molecule has 0 atom stereocenters. The number of carbonyl (C=O) groups excluding carboxylic acids is 3. The number of aromatic nitrogens is 1. The summed E-state index contributed by atoms with van der Waals surface area (Å²) in [7, 11) is 0. The maximum Gasteiger partial charge on any atom is 0.272 e. The van der Waals surface area contributed by atoms with Crippen molar-refractivity contribution in [1.82, 2.24) is 10.3 Å². The summed E-state index contributed by atoms with van der Waals surface area (Å²) in [4.78, 5) is 43.3. The first-order chi connectivity index (χ1) is 19.8. The van der Waals surface area contributed by atoms with Gasteiger partial charge in [-0.1, -0.05) is 67.9 Å². The molecule has 0 fully saturated rings. The van der Waals surface area contributed by atoms with Crippen LogP contribution in [0.3, 0.4) is 0 Å². The molecule has 0 unspecified atom stereocenters. The molecule has 3 aromatic carbocycles. The molecule has 3 N–H and O–H groups in total. The van der Waals surface area contributed by atoms with Gasteiger partial charge in [0.15, 0.2) is 0 Å². The van der Waals surface area contributed by atoms with Crippen molar-refractivity contribution in [1.29, 1.82) is 0 Å². The van der Waals surface area contributed by atoms with Crippen LogP contribution in [-0.4, -0.2) is 28.5 Å². The molecule has 0 spiro atoms. The molecule has 0 radical (unpaired) electrons. The van der Waals surface area contributed by atoms with Gasteiger partial charge in [0, 0.05) is 22.3 Å². The molecule has 0 aliphatic heterocycles. The van der Waals surface area contributed by atoms with Gasteiger partial charge in [-0.2, -0.15) is 0 Å². The second-order valence-corrected chi connectivity index (χ2v) is 10.9. The molecule has 7 nitrogen and oxygen atoms in total. The zero-order chi connectivity index (χ0) is 29.2. The Hall–Kier alpha value is -4.40. The predicted molar refractivity (Wildman–Crippen MR) is 166 cm³/mol. The van der Waals surface area contributed by atoms with Gasteiger partial charge in [-0.3, -0.25) is 14.4 Å². The van der Waals surface area contributed by atoms with Crippen LogP contribution >= 0.6 is 23.4 Å². The Morgan fingerprint density at radius 3 is 2.22 bits per heavy atom. The van der Waals surface area contributed by atoms with E-state index in [-0.39, 0.29) is 23.3 Å². The lowest BCUT2D eigenvalue weighted by Gasteiger charge is -2.12. The van der Waals surface area contributed by atoms with Gasteiger partial charge in [-0.15, -0.1) is 11.8 Å². The van der Waals surface area contributed by atoms with Crippen molar-refractivity contribution in [2.24, 2.45) is 0 Å². The minimum atomic E-state index is -0.461. The molecule has 1 aromatic heterocycles. The first kappa shape index (κ1) is 29.6. The van der Waals surface area contributed by atoms with Crippen LogP contribution in [0.1, 0.15) is 41.3 Å². The molecule has 1 heterocycles. The van der Waals surface area contributed by atoms with Crippen LogP contribution in [-0.2, 0) is 9.59 Å². The second-order valence-electron chi connectivity index (χ2n) is 9.38. The van der Waals surface area contributed by atoms with Crippen molar-refractivity contribution >= 4 is 58.7 Å². The van der Waals surface area contributed by atoms with Gasteiger partial charge in [-0.05, 0) is 71.7 Å². The van der Waals surface area contributed by atoms with E-state index < -0.39 is 5.91 Å². The van der Waals surface area contributed by atoms with Crippen LogP contribution in [0.2, 0.25) is 5.02 Å². The summed E-state index contributed by atoms with van der Waals surface area (Å²) in [5.74, 6) is -0.0549. The van der Waals surface area contributed by atoms with Crippen LogP contribution in [0.5, 0.6) is 0 Å². The number of pyridine rings is 1. The zero-order valence-electron chi connectivity index (χ0n) is 22.6. The molecular weight excluding hydrogens is 556 g/mol. The number of amides is 3. The Kier molecular flexibility index (Phi) is 10.3. The van der Waals surface area contributed by atoms with Crippen molar-refractivity contribution in [3.8, 4) is 0 Å². The standard InChI is InChI=1S/C32H29ClN4O3S/c1-21(2)23-10-8-22(9-11-23)18-28(36-31(39)24-6-4-3-5-7-24)32(40)35-26-13-15-27(16-14-26)41-20-30(38)37-29-17-12-25(33)19-34-29/h3-19,21H,20H2,1-2H3,(H,35,40)(H,36,39)(H,34,37,38)/b28-18-. The van der Waals surface area contributed by atoms with E-state index in [2.05, 4.69) is 34.8 Å². The fraction of sp³-hybridized carbons (Fsp3) is 0.125. The second kappa shape index (κ2) is 14.3. The van der Waals surface area contributed by atoms with Crippen LogP contribution in [0.25, 0.3) is 6.08 Å². The molecule has 0 aliphatic rings. The smallest absolute Gasteiger partial charge is 0.272 e. The van der Waals surface area contributed by atoms with E-state index in [1.807, 2.05) is 42.5 Å². The first-order valence-electron chi connectivity index (χ1n) is 12.9. The Bertz CT molecular complexity index is 1520. The highest BCUT2D eigenvalue weighted by Crippen LogP contribution is 2.22. The topological polar surface area (TPSA) is 100 Å². The van der Waals surface area contributed by atoms with Gasteiger partial charge in [-0.25, -0.2) is 4.98 Å². The van der Waals surface area contributed by atoms with Gasteiger partial charge in [0.2, 0.25) is 5.91 Å². The van der Waals surface area contributed by atoms with Gasteiger partial charge < -0.3 is 16.0 Å². The number of halogens is 1. The third-order valence-corrected chi connectivity index (χ3v) is 7.16. The van der Waals surface area contributed by atoms with E-state index in [1.165, 1.54) is 23.5 Å². The summed E-state index contributed by atoms with van der Waals surface area (Å²) >= 11 is 7.17. The molecule has 0 bridgehead atoms. The third-order valence-electron chi connectivity index (χ3n) is 5.92. The van der Waals surface area contributed by atoms with E-state index in [4.69, 9.17) is 11.6 Å². The lowest BCUT2D eigenvalue weighted by Crippen LogP contribution is -2.30. The number of rotatable bonds is 10. The molecule has 0 saturated carbocycles. The summed E-state index contributed by atoms with van der Waals surface area (Å²) in [5.41, 5.74) is 3.06. The van der Waals surface area contributed by atoms with Crippen LogP contribution < -0.4 is 16.0 Å². The molecule has 4 rings (SSSR count). The maximum absolute atomic E-state index is 13.3. The average Bonchev–Trinajstić information content (AvgIpc) is 2.98. The van der Waals surface area contributed by atoms with Gasteiger partial charge >= 0.3 is 0 Å². The normalized spacial score (nSPS) is 11.2. The number of anilines is 2. The summed E-state index contributed by atoms with van der Waals surface area (Å²) < 4.78 is 0. The molecule has 3 amide bonds. The minimum Gasteiger partial charge on any atom is -0.321 e. The Balaban J connectivity index is 1.41. The SMILES string of the molecule is CC(C)c1ccc(/C=C(\NC(=O)c2ccccc2)C(=O)Nc2ccc(SCC(=O)Nc3ccc(Cl)cn3)cc2)cc1. The van der Waals surface area contributed by atoms with E-state index in [1.54, 1.807) is 54.6 Å². The number of nitrogens with one attached hydrogen (secondary N) is 3. The molecule has 208 valence electrons. The minimum absolute atomic E-state index is 0.113. The summed E-state index contributed by atoms with van der Waals surface area (Å²) in [5, 5.41) is 8.81. The highest BCUT2D eigenvalue weighted by molar-refractivity contribution is 8.00. The van der Waals surface area contributed by atoms with E-state index >= 15 is 0 Å². The number of nitrogens with zero attached hydrogens (tertiary/aromatic N) is 1. The quantitative estimate of drug-likeness (QED) is 0.138. The molecule has 0 saturated heterocycles. The zero-order valence-corrected chi connectivity index (χ0v) is 24.1. The number of hydrogen-bond donors (Lipinski definition) is 3. The van der Waals surface area contributed by atoms with Crippen molar-refractivity contribution < 1.29 is 14.4 Å². The van der Waals surface area contributed by atoms with Crippen molar-refractivity contribution in [2.45, 2.75) is 24.7 Å². The van der Waals surface area contributed by atoms with E-state index in [0.717, 1.165) is 10.5 Å². The van der Waals surface area contributed by atoms with Crippen LogP contribution in [0.4, 0.5) is 11.5 Å². The number of hydrogen-bond acceptors (Lipinski definition) is 5. The summed E-state index contributed by atoms with van der Waals surface area (Å²) in [6.45, 7) is 4.22. The molecule has 0 aliphatic carbocycles. The highest BCUT2D eigenvalue weighted by atomic mass is 35.5. The largest absolute Gasteiger partial charge is 0.321 e. The van der Waals surface area contributed by atoms with Gasteiger partial charge in [0.25, 0.3) is 11.8 Å². The number of carbonyl (C=O) groups is 3. The summed E-state index contributed by atoms with van der Waals surface area (Å²) in [6.07, 6.45) is 3.12. The number of thioether (sulfide) groups is 1. The number of benzene rings is 3. The van der Waals surface area contributed by atoms with Crippen molar-refractivity contribution in [2.75, 3.05) is 16.4 Å². The Morgan fingerprint density at radius 1 is 0.878 bits per heavy atom. The van der Waals surface area contributed by atoms with E-state index in [9.17, 15) is 14.4 Å². The van der Waals surface area contributed by atoms with Crippen molar-refractivity contribution in [3.05, 3.63) is 125 Å². The third kappa shape index (κ3) is 9.06. The average molecular weight is 585 g/mol. The monoisotopic (exact) mass is 584 g/mol. The maximum atomic E-state index is 13.3. The van der Waals surface area contributed by atoms with Gasteiger partial charge in [0.05, 0.1) is 10.8 Å². The predicted octanol–water partition coefficient (Wildman–Crippen LogP) is 7.00. The highest BCUT2D eigenvalue weighted by Gasteiger charge is 2.15. The molecule has 41 heavy (non-hydrogen) atoms.